The minimum Gasteiger partial charge on any atom is -0.0622 e. The molecule has 41 heavy (non-hydrogen) atoms. The Bertz CT molecular complexity index is 1650. The van der Waals surface area contributed by atoms with Crippen molar-refractivity contribution < 1.29 is 0 Å². The van der Waals surface area contributed by atoms with Crippen LogP contribution < -0.4 is 0 Å². The minimum atomic E-state index is -0.383. The van der Waals surface area contributed by atoms with Crippen LogP contribution in [0.25, 0.3) is 0 Å². The molecule has 0 bridgehead atoms. The quantitative estimate of drug-likeness (QED) is 0.217. The van der Waals surface area contributed by atoms with E-state index >= 15 is 0 Å². The second-order valence-electron chi connectivity index (χ2n) is 12.1. The predicted octanol–water partition coefficient (Wildman–Crippen LogP) is 9.04. The third kappa shape index (κ3) is 2.21. The SMILES string of the molecule is CC12C3(c4ccccc4)c4ccccc4C1(c1ccccc1)c1ccccc1C2(c1ccccc1)c1ccccc13. The molecule has 0 unspecified atom stereocenters. The number of fused-ring (bicyclic) bond motifs is 9. The topological polar surface area (TPSA) is 0 Å². The van der Waals surface area contributed by atoms with E-state index in [4.69, 9.17) is 0 Å². The van der Waals surface area contributed by atoms with E-state index in [-0.39, 0.29) is 21.7 Å². The first-order chi connectivity index (χ1) is 20.2. The van der Waals surface area contributed by atoms with Gasteiger partial charge in [0.15, 0.2) is 0 Å². The first-order valence-corrected chi connectivity index (χ1v) is 14.7. The first-order valence-electron chi connectivity index (χ1n) is 14.7. The minimum absolute atomic E-state index is 0.339. The maximum absolute atomic E-state index is 2.62. The van der Waals surface area contributed by atoms with Crippen LogP contribution in [0.15, 0.2) is 164 Å². The zero-order chi connectivity index (χ0) is 27.3. The van der Waals surface area contributed by atoms with E-state index in [0.717, 1.165) is 0 Å². The van der Waals surface area contributed by atoms with Crippen LogP contribution >= 0.6 is 0 Å². The van der Waals surface area contributed by atoms with Crippen LogP contribution in [-0.2, 0) is 16.2 Å². The van der Waals surface area contributed by atoms with Gasteiger partial charge in [-0.2, -0.15) is 0 Å². The van der Waals surface area contributed by atoms with Crippen molar-refractivity contribution in [3.63, 3.8) is 0 Å². The molecule has 3 aliphatic carbocycles. The highest BCUT2D eigenvalue weighted by Crippen LogP contribution is 2.86. The van der Waals surface area contributed by atoms with Gasteiger partial charge in [0.2, 0.25) is 0 Å². The Labute approximate surface area is 242 Å². The molecule has 0 saturated carbocycles. The summed E-state index contributed by atoms with van der Waals surface area (Å²) in [5, 5.41) is 0. The molecule has 0 aromatic heterocycles. The normalized spacial score (nSPS) is 28.0. The molecular formula is C41H30. The van der Waals surface area contributed by atoms with Crippen LogP contribution in [0.1, 0.15) is 57.0 Å². The van der Waals surface area contributed by atoms with Gasteiger partial charge in [0.05, 0.1) is 16.2 Å². The van der Waals surface area contributed by atoms with Gasteiger partial charge in [0.1, 0.15) is 0 Å². The molecule has 0 nitrogen and oxygen atoms in total. The zero-order valence-corrected chi connectivity index (χ0v) is 23.1. The molecule has 6 aromatic carbocycles. The number of hydrogen-bond donors (Lipinski definition) is 0. The fourth-order valence-corrected chi connectivity index (χ4v) is 10.2. The second kappa shape index (κ2) is 7.74. The van der Waals surface area contributed by atoms with Crippen LogP contribution in [0.5, 0.6) is 0 Å². The van der Waals surface area contributed by atoms with Gasteiger partial charge in [0.25, 0.3) is 0 Å². The van der Waals surface area contributed by atoms with Crippen molar-refractivity contribution in [2.75, 3.05) is 0 Å². The Balaban J connectivity index is 1.64. The molecule has 9 rings (SSSR count). The highest BCUT2D eigenvalue weighted by atomic mass is 14.8. The second-order valence-corrected chi connectivity index (χ2v) is 12.1. The molecular weight excluding hydrogens is 492 g/mol. The average molecular weight is 523 g/mol. The van der Waals surface area contributed by atoms with Crippen molar-refractivity contribution >= 4 is 0 Å². The van der Waals surface area contributed by atoms with Gasteiger partial charge in [-0.25, -0.2) is 0 Å². The molecule has 6 aromatic rings. The van der Waals surface area contributed by atoms with E-state index in [1.54, 1.807) is 0 Å². The number of hydrogen-bond acceptors (Lipinski definition) is 0. The maximum Gasteiger partial charge on any atom is 0.0541 e. The van der Waals surface area contributed by atoms with Gasteiger partial charge in [-0.05, 0) is 50.1 Å². The molecule has 0 saturated heterocycles. The highest BCUT2D eigenvalue weighted by Gasteiger charge is 2.84. The molecule has 3 aliphatic rings. The molecule has 0 N–H and O–H groups in total. The van der Waals surface area contributed by atoms with Gasteiger partial charge in [-0.3, -0.25) is 0 Å². The molecule has 0 heterocycles. The number of benzene rings is 6. The summed E-state index contributed by atoms with van der Waals surface area (Å²) in [6.07, 6.45) is 0. The van der Waals surface area contributed by atoms with Crippen molar-refractivity contribution in [2.45, 2.75) is 23.2 Å². The summed E-state index contributed by atoms with van der Waals surface area (Å²) >= 11 is 0. The lowest BCUT2D eigenvalue weighted by molar-refractivity contribution is 0.135. The summed E-state index contributed by atoms with van der Waals surface area (Å²) in [5.41, 5.74) is 11.2. The lowest BCUT2D eigenvalue weighted by Gasteiger charge is -2.53. The summed E-state index contributed by atoms with van der Waals surface area (Å²) < 4.78 is 0. The van der Waals surface area contributed by atoms with E-state index in [0.29, 0.717) is 0 Å². The van der Waals surface area contributed by atoms with Crippen LogP contribution in [0.2, 0.25) is 0 Å². The lowest BCUT2D eigenvalue weighted by atomic mass is 9.46. The Morgan fingerprint density at radius 1 is 0.268 bits per heavy atom. The number of rotatable bonds is 3. The van der Waals surface area contributed by atoms with E-state index in [1.165, 1.54) is 50.1 Å². The summed E-state index contributed by atoms with van der Waals surface area (Å²) in [5.74, 6) is 0. The Morgan fingerprint density at radius 2 is 0.463 bits per heavy atom. The van der Waals surface area contributed by atoms with E-state index in [1.807, 2.05) is 0 Å². The van der Waals surface area contributed by atoms with Crippen LogP contribution in [0.4, 0.5) is 0 Å². The van der Waals surface area contributed by atoms with E-state index in [9.17, 15) is 0 Å². The van der Waals surface area contributed by atoms with Gasteiger partial charge < -0.3 is 0 Å². The fourth-order valence-electron chi connectivity index (χ4n) is 10.2. The first kappa shape index (κ1) is 23.1. The summed E-state index contributed by atoms with van der Waals surface area (Å²) in [7, 11) is 0. The largest absolute Gasteiger partial charge is 0.0622 e. The van der Waals surface area contributed by atoms with E-state index < -0.39 is 0 Å². The van der Waals surface area contributed by atoms with Crippen molar-refractivity contribution in [3.8, 4) is 0 Å². The molecule has 0 amide bonds. The zero-order valence-electron chi connectivity index (χ0n) is 23.1. The van der Waals surface area contributed by atoms with Crippen molar-refractivity contribution in [3.05, 3.63) is 214 Å². The third-order valence-electron chi connectivity index (χ3n) is 11.1. The Kier molecular flexibility index (Phi) is 4.35. The molecule has 0 fully saturated rings. The third-order valence-corrected chi connectivity index (χ3v) is 11.1. The molecule has 194 valence electrons. The van der Waals surface area contributed by atoms with Crippen molar-refractivity contribution in [1.29, 1.82) is 0 Å². The van der Waals surface area contributed by atoms with Gasteiger partial charge in [0, 0.05) is 5.41 Å². The van der Waals surface area contributed by atoms with Crippen molar-refractivity contribution in [2.24, 2.45) is 5.41 Å². The van der Waals surface area contributed by atoms with Crippen LogP contribution in [-0.4, -0.2) is 0 Å². The molecule has 0 aliphatic heterocycles. The Morgan fingerprint density at radius 3 is 0.683 bits per heavy atom. The highest BCUT2D eigenvalue weighted by molar-refractivity contribution is 5.85. The van der Waals surface area contributed by atoms with Crippen LogP contribution in [0, 0.1) is 5.41 Å². The van der Waals surface area contributed by atoms with Gasteiger partial charge >= 0.3 is 0 Å². The maximum atomic E-state index is 2.62. The van der Waals surface area contributed by atoms with E-state index in [2.05, 4.69) is 171 Å². The van der Waals surface area contributed by atoms with Gasteiger partial charge in [-0.15, -0.1) is 0 Å². The van der Waals surface area contributed by atoms with Crippen molar-refractivity contribution in [1.82, 2.24) is 0 Å². The Hall–Kier alpha value is -4.68. The summed E-state index contributed by atoms with van der Waals surface area (Å²) in [6.45, 7) is 2.62. The molecule has 0 atom stereocenters. The molecule has 0 spiro atoms. The van der Waals surface area contributed by atoms with Crippen LogP contribution in [0.3, 0.4) is 0 Å². The standard InChI is InChI=1S/C41H30/c1-38-39(29-17-5-2-6-18-29)32-23-11-13-25-34(32)40(38,30-19-7-3-8-20-30)36-27-15-16-28-37(36)41(38,31-21-9-4-10-22-31)35-26-14-12-24-33(35)39/h2-28H,1H3. The average Bonchev–Trinajstić information content (AvgIpc) is 3.50. The van der Waals surface area contributed by atoms with Gasteiger partial charge in [-0.1, -0.05) is 171 Å². The molecule has 0 heteroatoms. The fraction of sp³-hybridized carbons (Fsp3) is 0.122. The monoisotopic (exact) mass is 522 g/mol. The lowest BCUT2D eigenvalue weighted by Crippen LogP contribution is -2.55. The summed E-state index contributed by atoms with van der Waals surface area (Å²) in [6, 6.07) is 62.2. The summed E-state index contributed by atoms with van der Waals surface area (Å²) in [4.78, 5) is 0. The predicted molar refractivity (Wildman–Crippen MR) is 166 cm³/mol. The molecule has 0 radical (unpaired) electrons. The smallest absolute Gasteiger partial charge is 0.0541 e.